The second-order valence-corrected chi connectivity index (χ2v) is 6.36. The third kappa shape index (κ3) is 4.60. The molecule has 0 unspecified atom stereocenters. The average Bonchev–Trinajstić information content (AvgIpc) is 2.74. The van der Waals surface area contributed by atoms with E-state index in [-0.39, 0.29) is 11.9 Å². The zero-order valence-corrected chi connectivity index (χ0v) is 16.3. The summed E-state index contributed by atoms with van der Waals surface area (Å²) >= 11 is 0. The minimum absolute atomic E-state index is 0.0216. The van der Waals surface area contributed by atoms with E-state index in [1.807, 2.05) is 30.0 Å². The van der Waals surface area contributed by atoms with Crippen molar-refractivity contribution >= 4 is 17.7 Å². The van der Waals surface area contributed by atoms with E-state index in [2.05, 4.69) is 9.88 Å². The molecule has 28 heavy (non-hydrogen) atoms. The molecule has 1 saturated heterocycles. The number of hydrogen-bond donors (Lipinski definition) is 0. The highest BCUT2D eigenvalue weighted by Crippen LogP contribution is 2.18. The molecule has 0 aliphatic carbocycles. The Bertz CT molecular complexity index is 797. The van der Waals surface area contributed by atoms with Crippen LogP contribution in [0.3, 0.4) is 0 Å². The number of piperazine rings is 1. The van der Waals surface area contributed by atoms with Crippen LogP contribution in [0, 0.1) is 0 Å². The van der Waals surface area contributed by atoms with E-state index in [1.165, 1.54) is 6.20 Å². The van der Waals surface area contributed by atoms with Gasteiger partial charge in [-0.15, -0.1) is 0 Å². The van der Waals surface area contributed by atoms with Crippen LogP contribution < -0.4 is 9.64 Å². The Morgan fingerprint density at radius 3 is 2.18 bits per heavy atom. The van der Waals surface area contributed by atoms with Gasteiger partial charge in [0, 0.05) is 37.9 Å². The molecule has 0 bridgehead atoms. The van der Waals surface area contributed by atoms with Crippen LogP contribution in [0.2, 0.25) is 0 Å². The van der Waals surface area contributed by atoms with E-state index in [0.29, 0.717) is 50.5 Å². The van der Waals surface area contributed by atoms with Gasteiger partial charge in [0.1, 0.15) is 11.6 Å². The van der Waals surface area contributed by atoms with Gasteiger partial charge in [-0.1, -0.05) is 0 Å². The number of rotatable bonds is 6. The van der Waals surface area contributed by atoms with Crippen molar-refractivity contribution in [1.82, 2.24) is 9.88 Å². The van der Waals surface area contributed by atoms with E-state index in [0.717, 1.165) is 11.6 Å². The molecular formula is C21H25N3O4. The number of amides is 1. The number of anilines is 1. The smallest absolute Gasteiger partial charge is 0.339 e. The Morgan fingerprint density at radius 2 is 1.61 bits per heavy atom. The first-order chi connectivity index (χ1) is 13.6. The average molecular weight is 383 g/mol. The van der Waals surface area contributed by atoms with Crippen LogP contribution in [0.4, 0.5) is 5.82 Å². The third-order valence-electron chi connectivity index (χ3n) is 4.56. The molecule has 1 aliphatic heterocycles. The monoisotopic (exact) mass is 383 g/mol. The normalized spacial score (nSPS) is 13.9. The molecule has 7 heteroatoms. The summed E-state index contributed by atoms with van der Waals surface area (Å²) in [6.45, 7) is 7.25. The molecule has 148 valence electrons. The van der Waals surface area contributed by atoms with Crippen LogP contribution in [-0.2, 0) is 4.74 Å². The van der Waals surface area contributed by atoms with Gasteiger partial charge < -0.3 is 19.3 Å². The number of carbonyl (C=O) groups is 2. The predicted octanol–water partition coefficient (Wildman–Crippen LogP) is 2.62. The van der Waals surface area contributed by atoms with E-state index < -0.39 is 0 Å². The Morgan fingerprint density at radius 1 is 0.929 bits per heavy atom. The van der Waals surface area contributed by atoms with Crippen molar-refractivity contribution in [3.63, 3.8) is 0 Å². The quantitative estimate of drug-likeness (QED) is 0.714. The lowest BCUT2D eigenvalue weighted by Gasteiger charge is -2.35. The fraction of sp³-hybridized carbons (Fsp3) is 0.381. The first-order valence-electron chi connectivity index (χ1n) is 9.52. The number of ether oxygens (including phenoxy) is 2. The van der Waals surface area contributed by atoms with Crippen molar-refractivity contribution in [2.75, 3.05) is 44.3 Å². The fourth-order valence-corrected chi connectivity index (χ4v) is 3.09. The zero-order valence-electron chi connectivity index (χ0n) is 16.3. The van der Waals surface area contributed by atoms with Crippen LogP contribution in [0.15, 0.2) is 42.6 Å². The van der Waals surface area contributed by atoms with E-state index in [4.69, 9.17) is 9.47 Å². The lowest BCUT2D eigenvalue weighted by atomic mass is 10.1. The fourth-order valence-electron chi connectivity index (χ4n) is 3.09. The number of esters is 1. The van der Waals surface area contributed by atoms with Crippen molar-refractivity contribution in [2.45, 2.75) is 13.8 Å². The molecule has 1 aromatic heterocycles. The summed E-state index contributed by atoms with van der Waals surface area (Å²) in [7, 11) is 0. The third-order valence-corrected chi connectivity index (χ3v) is 4.56. The van der Waals surface area contributed by atoms with Crippen LogP contribution in [-0.4, -0.2) is 61.2 Å². The highest BCUT2D eigenvalue weighted by Gasteiger charge is 2.23. The molecule has 0 atom stereocenters. The lowest BCUT2D eigenvalue weighted by Crippen LogP contribution is -2.49. The summed E-state index contributed by atoms with van der Waals surface area (Å²) in [4.78, 5) is 32.7. The van der Waals surface area contributed by atoms with Crippen LogP contribution in [0.25, 0.3) is 0 Å². The predicted molar refractivity (Wildman–Crippen MR) is 106 cm³/mol. The van der Waals surface area contributed by atoms with Crippen LogP contribution >= 0.6 is 0 Å². The molecule has 0 saturated carbocycles. The minimum Gasteiger partial charge on any atom is -0.494 e. The van der Waals surface area contributed by atoms with Gasteiger partial charge in [0.05, 0.1) is 18.8 Å². The number of aromatic nitrogens is 1. The maximum absolute atomic E-state index is 12.7. The molecule has 1 fully saturated rings. The summed E-state index contributed by atoms with van der Waals surface area (Å²) in [5.41, 5.74) is 1.10. The standard InChI is InChI=1S/C21H25N3O4/c1-3-27-18-8-5-16(6-9-18)20(25)24-13-11-23(12-14-24)19-10-7-17(15-22-19)21(26)28-4-2/h5-10,15H,3-4,11-14H2,1-2H3. The molecule has 1 aromatic carbocycles. The maximum atomic E-state index is 12.7. The molecule has 0 radical (unpaired) electrons. The molecule has 2 aromatic rings. The number of nitrogens with zero attached hydrogens (tertiary/aromatic N) is 3. The molecule has 1 aliphatic rings. The number of pyridine rings is 1. The van der Waals surface area contributed by atoms with E-state index in [1.54, 1.807) is 25.1 Å². The molecule has 3 rings (SSSR count). The Balaban J connectivity index is 1.56. The molecule has 2 heterocycles. The van der Waals surface area contributed by atoms with Crippen molar-refractivity contribution in [3.05, 3.63) is 53.7 Å². The van der Waals surface area contributed by atoms with Gasteiger partial charge >= 0.3 is 5.97 Å². The van der Waals surface area contributed by atoms with Gasteiger partial charge in [0.15, 0.2) is 0 Å². The second-order valence-electron chi connectivity index (χ2n) is 6.36. The van der Waals surface area contributed by atoms with Crippen molar-refractivity contribution in [2.24, 2.45) is 0 Å². The zero-order chi connectivity index (χ0) is 19.9. The number of carbonyl (C=O) groups excluding carboxylic acids is 2. The minimum atomic E-state index is -0.368. The topological polar surface area (TPSA) is 72.0 Å². The largest absolute Gasteiger partial charge is 0.494 e. The Kier molecular flexibility index (Phi) is 6.47. The van der Waals surface area contributed by atoms with Crippen molar-refractivity contribution in [1.29, 1.82) is 0 Å². The number of benzene rings is 1. The highest BCUT2D eigenvalue weighted by atomic mass is 16.5. The van der Waals surface area contributed by atoms with Gasteiger partial charge in [0.25, 0.3) is 5.91 Å². The lowest BCUT2D eigenvalue weighted by molar-refractivity contribution is 0.0525. The highest BCUT2D eigenvalue weighted by molar-refractivity contribution is 5.94. The molecule has 1 amide bonds. The summed E-state index contributed by atoms with van der Waals surface area (Å²) < 4.78 is 10.4. The first kappa shape index (κ1) is 19.7. The Hall–Kier alpha value is -3.09. The summed E-state index contributed by atoms with van der Waals surface area (Å²) in [5, 5.41) is 0. The SMILES string of the molecule is CCOC(=O)c1ccc(N2CCN(C(=O)c3ccc(OCC)cc3)CC2)nc1. The number of hydrogen-bond acceptors (Lipinski definition) is 6. The van der Waals surface area contributed by atoms with Gasteiger partial charge in [-0.05, 0) is 50.2 Å². The molecule has 0 spiro atoms. The maximum Gasteiger partial charge on any atom is 0.339 e. The van der Waals surface area contributed by atoms with E-state index in [9.17, 15) is 9.59 Å². The van der Waals surface area contributed by atoms with Gasteiger partial charge in [-0.3, -0.25) is 4.79 Å². The molecular weight excluding hydrogens is 358 g/mol. The van der Waals surface area contributed by atoms with E-state index >= 15 is 0 Å². The summed E-state index contributed by atoms with van der Waals surface area (Å²) in [5.74, 6) is 1.21. The molecule has 0 N–H and O–H groups in total. The van der Waals surface area contributed by atoms with Gasteiger partial charge in [-0.25, -0.2) is 9.78 Å². The van der Waals surface area contributed by atoms with Crippen molar-refractivity contribution in [3.8, 4) is 5.75 Å². The van der Waals surface area contributed by atoms with Gasteiger partial charge in [-0.2, -0.15) is 0 Å². The van der Waals surface area contributed by atoms with Crippen molar-refractivity contribution < 1.29 is 19.1 Å². The second kappa shape index (κ2) is 9.21. The van der Waals surface area contributed by atoms with Crippen LogP contribution in [0.1, 0.15) is 34.6 Å². The van der Waals surface area contributed by atoms with Crippen LogP contribution in [0.5, 0.6) is 5.75 Å². The van der Waals surface area contributed by atoms with Gasteiger partial charge in [0.2, 0.25) is 0 Å². The summed E-state index contributed by atoms with van der Waals surface area (Å²) in [6.07, 6.45) is 1.53. The Labute approximate surface area is 164 Å². The molecule has 7 nitrogen and oxygen atoms in total. The first-order valence-corrected chi connectivity index (χ1v) is 9.52. The summed E-state index contributed by atoms with van der Waals surface area (Å²) in [6, 6.07) is 10.8.